The molecule has 3 aromatic carbocycles. The number of rotatable bonds is 6. The van der Waals surface area contributed by atoms with Crippen LogP contribution < -0.4 is 14.9 Å². The molecular formula is C28H18F3NO5. The maximum Gasteiger partial charge on any atom is 0.453 e. The van der Waals surface area contributed by atoms with E-state index >= 15 is 0 Å². The van der Waals surface area contributed by atoms with Gasteiger partial charge in [-0.1, -0.05) is 49.4 Å². The molecular weight excluding hydrogens is 487 g/mol. The first-order valence-electron chi connectivity index (χ1n) is 11.0. The third-order valence-electron chi connectivity index (χ3n) is 5.29. The van der Waals surface area contributed by atoms with E-state index < -0.39 is 34.7 Å². The highest BCUT2D eigenvalue weighted by molar-refractivity contribution is 5.99. The lowest BCUT2D eigenvalue weighted by molar-refractivity contribution is -0.154. The number of nitriles is 1. The summed E-state index contributed by atoms with van der Waals surface area (Å²) in [7, 11) is 0. The summed E-state index contributed by atoms with van der Waals surface area (Å²) in [6, 6.07) is 19.9. The third-order valence-corrected chi connectivity index (χ3v) is 5.29. The zero-order chi connectivity index (χ0) is 26.6. The second-order valence-electron chi connectivity index (χ2n) is 7.81. The molecule has 186 valence electrons. The number of esters is 1. The van der Waals surface area contributed by atoms with Crippen molar-refractivity contribution in [2.45, 2.75) is 19.5 Å². The minimum atomic E-state index is -5.05. The molecule has 4 aromatic rings. The number of aryl methyl sites for hydroxylation is 1. The highest BCUT2D eigenvalue weighted by Gasteiger charge is 2.40. The second kappa shape index (κ2) is 10.4. The number of benzene rings is 3. The number of carbonyl (C=O) groups excluding carboxylic acids is 1. The Morgan fingerprint density at radius 2 is 1.70 bits per heavy atom. The summed E-state index contributed by atoms with van der Waals surface area (Å²) in [6.45, 7) is 1.92. The number of ether oxygens (including phenoxy) is 2. The molecule has 0 aliphatic rings. The molecule has 0 amide bonds. The predicted octanol–water partition coefficient (Wildman–Crippen LogP) is 6.68. The predicted molar refractivity (Wildman–Crippen MR) is 129 cm³/mol. The summed E-state index contributed by atoms with van der Waals surface area (Å²) in [6.07, 6.45) is -3.02. The van der Waals surface area contributed by atoms with E-state index in [0.717, 1.165) is 24.1 Å². The van der Waals surface area contributed by atoms with Crippen molar-refractivity contribution < 1.29 is 31.9 Å². The van der Waals surface area contributed by atoms with Crippen molar-refractivity contribution in [3.63, 3.8) is 0 Å². The van der Waals surface area contributed by atoms with Gasteiger partial charge in [-0.05, 0) is 47.9 Å². The quantitative estimate of drug-likeness (QED) is 0.126. The topological polar surface area (TPSA) is 89.5 Å². The summed E-state index contributed by atoms with van der Waals surface area (Å²) in [5.74, 6) is -3.85. The smallest absolute Gasteiger partial charge is 0.449 e. The van der Waals surface area contributed by atoms with Gasteiger partial charge in [0.15, 0.2) is 0 Å². The van der Waals surface area contributed by atoms with Gasteiger partial charge in [0.25, 0.3) is 5.76 Å². The van der Waals surface area contributed by atoms with Crippen LogP contribution in [-0.2, 0) is 17.4 Å². The van der Waals surface area contributed by atoms with Crippen molar-refractivity contribution in [3.05, 3.63) is 105 Å². The lowest BCUT2D eigenvalue weighted by Crippen LogP contribution is -2.16. The summed E-state index contributed by atoms with van der Waals surface area (Å²) in [4.78, 5) is 25.4. The summed E-state index contributed by atoms with van der Waals surface area (Å²) in [5, 5.41) is 9.12. The van der Waals surface area contributed by atoms with Crippen LogP contribution in [0, 0.1) is 11.3 Å². The second-order valence-corrected chi connectivity index (χ2v) is 7.81. The molecule has 0 saturated heterocycles. The Bertz CT molecular complexity index is 1580. The summed E-state index contributed by atoms with van der Waals surface area (Å²) < 4.78 is 56.9. The average molecular weight is 505 g/mol. The van der Waals surface area contributed by atoms with Crippen LogP contribution in [0.2, 0.25) is 0 Å². The van der Waals surface area contributed by atoms with Crippen molar-refractivity contribution in [1.29, 1.82) is 5.26 Å². The summed E-state index contributed by atoms with van der Waals surface area (Å²) >= 11 is 0. The van der Waals surface area contributed by atoms with E-state index in [2.05, 4.69) is 0 Å². The Hall–Kier alpha value is -4.84. The molecule has 0 atom stereocenters. The van der Waals surface area contributed by atoms with E-state index in [1.165, 1.54) is 24.3 Å². The van der Waals surface area contributed by atoms with Gasteiger partial charge in [-0.2, -0.15) is 18.4 Å². The molecule has 1 aromatic heterocycles. The first-order chi connectivity index (χ1) is 17.7. The number of nitrogens with zero attached hydrogens (tertiary/aromatic N) is 1. The first kappa shape index (κ1) is 25.3. The summed E-state index contributed by atoms with van der Waals surface area (Å²) in [5.41, 5.74) is -0.336. The molecule has 37 heavy (non-hydrogen) atoms. The van der Waals surface area contributed by atoms with Gasteiger partial charge in [-0.25, -0.2) is 4.79 Å². The standard InChI is InChI=1S/C28H18F3NO5/c1-2-17-8-10-20(11-9-17)35-25-24(33)22-13-12-21(15-23(22)37-26(25)28(29,30)31)36-27(34)19(16-32)14-18-6-4-3-5-7-18/h3-15H,2H2,1H3/b19-14+. The van der Waals surface area contributed by atoms with Crippen LogP contribution in [0.15, 0.2) is 87.6 Å². The van der Waals surface area contributed by atoms with Crippen molar-refractivity contribution in [2.24, 2.45) is 0 Å². The van der Waals surface area contributed by atoms with E-state index in [0.29, 0.717) is 5.56 Å². The molecule has 0 spiro atoms. The number of halogens is 3. The highest BCUT2D eigenvalue weighted by atomic mass is 19.4. The molecule has 0 N–H and O–H groups in total. The SMILES string of the molecule is CCc1ccc(Oc2c(C(F)(F)F)oc3cc(OC(=O)/C(C#N)=C/c4ccccc4)ccc3c2=O)cc1. The number of hydrogen-bond acceptors (Lipinski definition) is 6. The Balaban J connectivity index is 1.70. The molecule has 0 saturated carbocycles. The van der Waals surface area contributed by atoms with Crippen LogP contribution in [-0.4, -0.2) is 5.97 Å². The fourth-order valence-electron chi connectivity index (χ4n) is 3.43. The maximum atomic E-state index is 13.8. The molecule has 0 unspecified atom stereocenters. The molecule has 6 nitrogen and oxygen atoms in total. The van der Waals surface area contributed by atoms with Gasteiger partial charge in [0.1, 0.15) is 28.7 Å². The Kier molecular flexibility index (Phi) is 7.11. The first-order valence-corrected chi connectivity index (χ1v) is 11.0. The number of carbonyl (C=O) groups is 1. The molecule has 1 heterocycles. The van der Waals surface area contributed by atoms with E-state index in [1.807, 2.05) is 6.92 Å². The van der Waals surface area contributed by atoms with Crippen molar-refractivity contribution in [2.75, 3.05) is 0 Å². The zero-order valence-corrected chi connectivity index (χ0v) is 19.3. The molecule has 0 aliphatic carbocycles. The van der Waals surface area contributed by atoms with Crippen LogP contribution in [0.3, 0.4) is 0 Å². The minimum Gasteiger partial charge on any atom is -0.449 e. The highest BCUT2D eigenvalue weighted by Crippen LogP contribution is 2.38. The van der Waals surface area contributed by atoms with Crippen LogP contribution in [0.1, 0.15) is 23.8 Å². The number of fused-ring (bicyclic) bond motifs is 1. The van der Waals surface area contributed by atoms with E-state index in [-0.39, 0.29) is 22.5 Å². The van der Waals surface area contributed by atoms with E-state index in [9.17, 15) is 28.0 Å². The van der Waals surface area contributed by atoms with Gasteiger partial charge < -0.3 is 13.9 Å². The normalized spacial score (nSPS) is 11.7. The van der Waals surface area contributed by atoms with Crippen LogP contribution >= 0.6 is 0 Å². The van der Waals surface area contributed by atoms with Gasteiger partial charge in [0.05, 0.1) is 5.39 Å². The van der Waals surface area contributed by atoms with Crippen molar-refractivity contribution in [1.82, 2.24) is 0 Å². The van der Waals surface area contributed by atoms with Gasteiger partial charge in [-0.15, -0.1) is 0 Å². The lowest BCUT2D eigenvalue weighted by Gasteiger charge is -2.14. The Morgan fingerprint density at radius 1 is 1.03 bits per heavy atom. The van der Waals surface area contributed by atoms with E-state index in [1.54, 1.807) is 48.5 Å². The van der Waals surface area contributed by atoms with Crippen LogP contribution in [0.4, 0.5) is 13.2 Å². The largest absolute Gasteiger partial charge is 0.453 e. The maximum absolute atomic E-state index is 13.8. The van der Waals surface area contributed by atoms with Crippen LogP contribution in [0.25, 0.3) is 17.0 Å². The van der Waals surface area contributed by atoms with Gasteiger partial charge in [-0.3, -0.25) is 4.79 Å². The average Bonchev–Trinajstić information content (AvgIpc) is 2.89. The molecule has 4 rings (SSSR count). The van der Waals surface area contributed by atoms with Gasteiger partial charge in [0.2, 0.25) is 11.2 Å². The molecule has 0 aliphatic heterocycles. The lowest BCUT2D eigenvalue weighted by atomic mass is 10.1. The van der Waals surface area contributed by atoms with Crippen molar-refractivity contribution >= 4 is 23.0 Å². The fraction of sp³-hybridized carbons (Fsp3) is 0.107. The number of hydrogen-bond donors (Lipinski definition) is 0. The van der Waals surface area contributed by atoms with Crippen molar-refractivity contribution in [3.8, 4) is 23.3 Å². The van der Waals surface area contributed by atoms with Gasteiger partial charge in [0, 0.05) is 6.07 Å². The molecule has 0 radical (unpaired) electrons. The number of alkyl halides is 3. The Morgan fingerprint density at radius 3 is 2.32 bits per heavy atom. The van der Waals surface area contributed by atoms with E-state index in [4.69, 9.17) is 13.9 Å². The zero-order valence-electron chi connectivity index (χ0n) is 19.3. The molecule has 0 bridgehead atoms. The van der Waals surface area contributed by atoms with Gasteiger partial charge >= 0.3 is 12.1 Å². The third kappa shape index (κ3) is 5.70. The monoisotopic (exact) mass is 505 g/mol. The minimum absolute atomic E-state index is 0.0362. The molecule has 0 fully saturated rings. The van der Waals surface area contributed by atoms with Crippen LogP contribution in [0.5, 0.6) is 17.2 Å². The molecule has 9 heteroatoms. The fourth-order valence-corrected chi connectivity index (χ4v) is 3.43. The Labute approximate surface area is 208 Å².